The lowest BCUT2D eigenvalue weighted by molar-refractivity contribution is -0.129. The maximum absolute atomic E-state index is 13.5. The molecule has 0 unspecified atom stereocenters. The van der Waals surface area contributed by atoms with Crippen molar-refractivity contribution in [2.45, 2.75) is 45.0 Å². The van der Waals surface area contributed by atoms with E-state index in [2.05, 4.69) is 5.32 Å². The Morgan fingerprint density at radius 3 is 1.74 bits per heavy atom. The van der Waals surface area contributed by atoms with Crippen molar-refractivity contribution in [3.63, 3.8) is 0 Å². The Bertz CT molecular complexity index is 1390. The summed E-state index contributed by atoms with van der Waals surface area (Å²) in [5.41, 5.74) is 3.37. The zero-order valence-corrected chi connectivity index (χ0v) is 20.5. The van der Waals surface area contributed by atoms with Crippen molar-refractivity contribution in [2.75, 3.05) is 0 Å². The highest BCUT2D eigenvalue weighted by Crippen LogP contribution is 2.50. The number of benzene rings is 4. The molecule has 2 atom stereocenters. The van der Waals surface area contributed by atoms with E-state index in [1.165, 1.54) is 0 Å². The molecule has 4 aromatic rings. The molecule has 4 aromatic carbocycles. The Morgan fingerprint density at radius 1 is 0.771 bits per heavy atom. The normalized spacial score (nSPS) is 18.5. The molecule has 2 heteroatoms. The SMILES string of the molecule is [2H]C1([2H])c2ccccc2C([2H])([C@H](c2ccccc2)[C@H](NC(=O)C(C)(C)C)c2ccccc2)c2ccccc21. The van der Waals surface area contributed by atoms with Gasteiger partial charge in [-0.15, -0.1) is 0 Å². The summed E-state index contributed by atoms with van der Waals surface area (Å²) in [6.07, 6.45) is -1.75. The number of carbonyl (C=O) groups excluding carboxylic acids is 1. The van der Waals surface area contributed by atoms with Gasteiger partial charge in [0.25, 0.3) is 0 Å². The Balaban J connectivity index is 1.85. The van der Waals surface area contributed by atoms with Gasteiger partial charge in [0.1, 0.15) is 0 Å². The molecule has 0 spiro atoms. The van der Waals surface area contributed by atoms with E-state index in [-0.39, 0.29) is 5.91 Å². The van der Waals surface area contributed by atoms with Crippen LogP contribution in [0.5, 0.6) is 0 Å². The summed E-state index contributed by atoms with van der Waals surface area (Å²) in [5, 5.41) is 3.32. The van der Waals surface area contributed by atoms with E-state index in [1.807, 2.05) is 118 Å². The van der Waals surface area contributed by atoms with Crippen molar-refractivity contribution < 1.29 is 8.91 Å². The Hall–Kier alpha value is -3.65. The van der Waals surface area contributed by atoms with Gasteiger partial charge < -0.3 is 5.32 Å². The molecular weight excluding hydrogens is 426 g/mol. The van der Waals surface area contributed by atoms with Crippen LogP contribution in [0.2, 0.25) is 0 Å². The van der Waals surface area contributed by atoms with Crippen molar-refractivity contribution in [1.82, 2.24) is 5.32 Å². The lowest BCUT2D eigenvalue weighted by Gasteiger charge is -2.40. The van der Waals surface area contributed by atoms with Crippen molar-refractivity contribution in [1.29, 1.82) is 0 Å². The number of amides is 1. The van der Waals surface area contributed by atoms with E-state index >= 15 is 0 Å². The predicted octanol–water partition coefficient (Wildman–Crippen LogP) is 7.41. The zero-order chi connectivity index (χ0) is 27.1. The second-order valence-electron chi connectivity index (χ2n) is 10.1. The maximum atomic E-state index is 13.5. The molecule has 0 saturated heterocycles. The van der Waals surface area contributed by atoms with Crippen LogP contribution in [-0.2, 0) is 11.2 Å². The fraction of sp³-hybridized carbons (Fsp3) is 0.242. The highest BCUT2D eigenvalue weighted by Gasteiger charge is 2.39. The van der Waals surface area contributed by atoms with Crippen LogP contribution in [0.25, 0.3) is 0 Å². The molecule has 176 valence electrons. The molecule has 0 radical (unpaired) electrons. The van der Waals surface area contributed by atoms with E-state index in [0.29, 0.717) is 22.3 Å². The van der Waals surface area contributed by atoms with E-state index in [1.54, 1.807) is 12.1 Å². The molecular formula is C33H33NO. The number of fused-ring (bicyclic) bond motifs is 2. The van der Waals surface area contributed by atoms with Gasteiger partial charge in [-0.3, -0.25) is 4.79 Å². The topological polar surface area (TPSA) is 29.1 Å². The largest absolute Gasteiger partial charge is 0.348 e. The van der Waals surface area contributed by atoms with Crippen LogP contribution < -0.4 is 5.32 Å². The average molecular weight is 463 g/mol. The summed E-state index contributed by atoms with van der Waals surface area (Å²) in [6, 6.07) is 33.9. The number of rotatable bonds is 5. The molecule has 0 aromatic heterocycles. The summed E-state index contributed by atoms with van der Waals surface area (Å²) in [6.45, 7) is 5.66. The second-order valence-corrected chi connectivity index (χ2v) is 10.1. The minimum absolute atomic E-state index is 0.108. The fourth-order valence-corrected chi connectivity index (χ4v) is 4.84. The van der Waals surface area contributed by atoms with Crippen LogP contribution in [0.1, 0.15) is 76.1 Å². The molecule has 5 rings (SSSR count). The maximum Gasteiger partial charge on any atom is 0.225 e. The Morgan fingerprint density at radius 2 is 1.23 bits per heavy atom. The summed E-state index contributed by atoms with van der Waals surface area (Å²) in [5.74, 6) is -2.06. The van der Waals surface area contributed by atoms with Gasteiger partial charge in [0.15, 0.2) is 0 Å². The van der Waals surface area contributed by atoms with Gasteiger partial charge in [-0.25, -0.2) is 0 Å². The summed E-state index contributed by atoms with van der Waals surface area (Å²) >= 11 is 0. The lowest BCUT2D eigenvalue weighted by atomic mass is 9.67. The Kier molecular flexibility index (Phi) is 5.35. The third-order valence-electron chi connectivity index (χ3n) is 6.63. The monoisotopic (exact) mass is 462 g/mol. The molecule has 1 amide bonds. The van der Waals surface area contributed by atoms with Gasteiger partial charge >= 0.3 is 0 Å². The van der Waals surface area contributed by atoms with Gasteiger partial charge in [0.2, 0.25) is 5.91 Å². The van der Waals surface area contributed by atoms with Gasteiger partial charge in [-0.05, 0) is 39.8 Å². The highest BCUT2D eigenvalue weighted by molar-refractivity contribution is 5.82. The second kappa shape index (κ2) is 9.54. The molecule has 0 heterocycles. The molecule has 0 saturated carbocycles. The first-order valence-corrected chi connectivity index (χ1v) is 12.2. The number of hydrogen-bond donors (Lipinski definition) is 1. The molecule has 35 heavy (non-hydrogen) atoms. The molecule has 0 bridgehead atoms. The van der Waals surface area contributed by atoms with Crippen LogP contribution in [0.3, 0.4) is 0 Å². The lowest BCUT2D eigenvalue weighted by Crippen LogP contribution is -2.41. The average Bonchev–Trinajstić information content (AvgIpc) is 2.92. The first-order chi connectivity index (χ1) is 18.1. The van der Waals surface area contributed by atoms with E-state index in [9.17, 15) is 6.17 Å². The van der Waals surface area contributed by atoms with Gasteiger partial charge in [0, 0.05) is 21.3 Å². The van der Waals surface area contributed by atoms with Crippen molar-refractivity contribution >= 4 is 5.91 Å². The van der Waals surface area contributed by atoms with Gasteiger partial charge in [0.05, 0.1) is 6.04 Å². The van der Waals surface area contributed by atoms with Crippen LogP contribution >= 0.6 is 0 Å². The third-order valence-corrected chi connectivity index (χ3v) is 6.63. The van der Waals surface area contributed by atoms with Gasteiger partial charge in [-0.1, -0.05) is 130 Å². The van der Waals surface area contributed by atoms with Crippen LogP contribution in [0, 0.1) is 5.41 Å². The summed E-state index contributed by atoms with van der Waals surface area (Å²) in [4.78, 5) is 13.5. The van der Waals surface area contributed by atoms with Crippen molar-refractivity contribution in [3.05, 3.63) is 143 Å². The van der Waals surface area contributed by atoms with Crippen LogP contribution in [0.4, 0.5) is 0 Å². The summed E-state index contributed by atoms with van der Waals surface area (Å²) in [7, 11) is 0. The predicted molar refractivity (Wildman–Crippen MR) is 143 cm³/mol. The molecule has 2 nitrogen and oxygen atoms in total. The Labute approximate surface area is 213 Å². The quantitative estimate of drug-likeness (QED) is 0.329. The smallest absolute Gasteiger partial charge is 0.225 e. The highest BCUT2D eigenvalue weighted by atomic mass is 16.2. The first-order valence-electron chi connectivity index (χ1n) is 13.7. The molecule has 0 aliphatic heterocycles. The molecule has 1 N–H and O–H groups in total. The van der Waals surface area contributed by atoms with Crippen molar-refractivity contribution in [3.8, 4) is 0 Å². The van der Waals surface area contributed by atoms with Crippen molar-refractivity contribution in [2.24, 2.45) is 5.41 Å². The van der Waals surface area contributed by atoms with Crippen LogP contribution in [0.15, 0.2) is 109 Å². The van der Waals surface area contributed by atoms with E-state index < -0.39 is 29.6 Å². The third kappa shape index (κ3) is 4.66. The van der Waals surface area contributed by atoms with Gasteiger partial charge in [-0.2, -0.15) is 0 Å². The molecule has 1 aliphatic rings. The van der Waals surface area contributed by atoms with E-state index in [0.717, 1.165) is 11.1 Å². The summed E-state index contributed by atoms with van der Waals surface area (Å²) < 4.78 is 28.6. The number of hydrogen-bond acceptors (Lipinski definition) is 1. The molecule has 0 fully saturated rings. The fourth-order valence-electron chi connectivity index (χ4n) is 4.84. The van der Waals surface area contributed by atoms with Crippen LogP contribution in [-0.4, -0.2) is 5.91 Å². The minimum atomic E-state index is -1.75. The molecule has 1 aliphatic carbocycles. The number of nitrogens with one attached hydrogen (secondary N) is 1. The minimum Gasteiger partial charge on any atom is -0.348 e. The number of carbonyl (C=O) groups is 1. The first kappa shape index (κ1) is 19.6. The standard InChI is InChI=1S/C33H33NO/c1-33(2,3)32(35)34-31(24-16-8-5-9-17-24)29(23-14-6-4-7-15-23)30-27-20-12-10-18-25(27)22-26-19-11-13-21-28(26)30/h4-21,29-31H,22H2,1-3H3,(H,34,35)/t29-,31+/m0/s1/i22D2,30D. The van der Waals surface area contributed by atoms with E-state index in [4.69, 9.17) is 2.74 Å². The zero-order valence-electron chi connectivity index (χ0n) is 23.5.